The van der Waals surface area contributed by atoms with Gasteiger partial charge >= 0.3 is 0 Å². The number of rotatable bonds is 3. The first kappa shape index (κ1) is 13.1. The Morgan fingerprint density at radius 1 is 1.47 bits per heavy atom. The molecule has 3 rings (SSSR count). The number of pyridine rings is 1. The van der Waals surface area contributed by atoms with Gasteiger partial charge in [0.1, 0.15) is 0 Å². The highest BCUT2D eigenvalue weighted by Crippen LogP contribution is 2.37. The summed E-state index contributed by atoms with van der Waals surface area (Å²) in [5.41, 5.74) is 9.02. The maximum Gasteiger partial charge on any atom is 0.0621 e. The second kappa shape index (κ2) is 5.61. The summed E-state index contributed by atoms with van der Waals surface area (Å²) >= 11 is 8.03. The number of thiophene rings is 1. The molecule has 2 aromatic rings. The van der Waals surface area contributed by atoms with Gasteiger partial charge in [-0.05, 0) is 54.3 Å². The molecule has 0 fully saturated rings. The Balaban J connectivity index is 1.79. The monoisotopic (exact) mass is 292 g/mol. The number of hydrogen-bond acceptors (Lipinski definition) is 3. The van der Waals surface area contributed by atoms with Crippen molar-refractivity contribution in [3.8, 4) is 0 Å². The van der Waals surface area contributed by atoms with Crippen molar-refractivity contribution >= 4 is 22.9 Å². The second-order valence-corrected chi connectivity index (χ2v) is 6.54. The van der Waals surface area contributed by atoms with Gasteiger partial charge in [0.2, 0.25) is 0 Å². The molecular formula is C15H17ClN2S. The second-order valence-electron chi connectivity index (χ2n) is 5.13. The Morgan fingerprint density at radius 2 is 2.37 bits per heavy atom. The van der Waals surface area contributed by atoms with Gasteiger partial charge < -0.3 is 5.73 Å². The molecule has 19 heavy (non-hydrogen) atoms. The summed E-state index contributed by atoms with van der Waals surface area (Å²) in [4.78, 5) is 5.54. The Bertz CT molecular complexity index is 567. The van der Waals surface area contributed by atoms with Crippen LogP contribution in [0.3, 0.4) is 0 Å². The molecule has 1 aliphatic rings. The molecule has 2 aromatic heterocycles. The number of nitrogens with two attached hydrogens (primary N) is 1. The van der Waals surface area contributed by atoms with Crippen molar-refractivity contribution in [3.63, 3.8) is 0 Å². The van der Waals surface area contributed by atoms with E-state index in [1.54, 1.807) is 12.4 Å². The summed E-state index contributed by atoms with van der Waals surface area (Å²) < 4.78 is 0. The molecule has 1 aliphatic carbocycles. The van der Waals surface area contributed by atoms with Gasteiger partial charge in [0.05, 0.1) is 5.02 Å². The maximum atomic E-state index is 6.45. The lowest BCUT2D eigenvalue weighted by atomic mass is 9.81. The summed E-state index contributed by atoms with van der Waals surface area (Å²) in [7, 11) is 0. The standard InChI is InChI=1S/C15H17ClN2S/c16-13-9-18-6-4-10(13)8-14(17)11-2-1-3-15-12(11)5-7-19-15/h4-7,9,11,14H,1-3,8,17H2. The summed E-state index contributed by atoms with van der Waals surface area (Å²) in [5, 5.41) is 2.91. The molecule has 0 bridgehead atoms. The van der Waals surface area contributed by atoms with Crippen LogP contribution in [-0.4, -0.2) is 11.0 Å². The van der Waals surface area contributed by atoms with Crippen LogP contribution in [-0.2, 0) is 12.8 Å². The first-order valence-electron chi connectivity index (χ1n) is 6.66. The van der Waals surface area contributed by atoms with E-state index in [-0.39, 0.29) is 6.04 Å². The van der Waals surface area contributed by atoms with Crippen molar-refractivity contribution in [2.24, 2.45) is 5.73 Å². The SMILES string of the molecule is NC(Cc1ccncc1Cl)C1CCCc2sccc21. The smallest absolute Gasteiger partial charge is 0.0621 e. The Labute approximate surface area is 122 Å². The maximum absolute atomic E-state index is 6.45. The molecule has 2 unspecified atom stereocenters. The summed E-state index contributed by atoms with van der Waals surface area (Å²) in [6.07, 6.45) is 7.95. The van der Waals surface area contributed by atoms with Crippen LogP contribution in [0.2, 0.25) is 5.02 Å². The van der Waals surface area contributed by atoms with Gasteiger partial charge in [0.25, 0.3) is 0 Å². The van der Waals surface area contributed by atoms with E-state index in [0.29, 0.717) is 5.92 Å². The topological polar surface area (TPSA) is 38.9 Å². The van der Waals surface area contributed by atoms with Gasteiger partial charge in [-0.25, -0.2) is 0 Å². The van der Waals surface area contributed by atoms with Crippen molar-refractivity contribution < 1.29 is 0 Å². The summed E-state index contributed by atoms with van der Waals surface area (Å²) in [6, 6.07) is 4.35. The molecule has 0 aliphatic heterocycles. The van der Waals surface area contributed by atoms with Crippen LogP contribution in [0.25, 0.3) is 0 Å². The van der Waals surface area contributed by atoms with E-state index in [1.165, 1.54) is 29.7 Å². The third-order valence-corrected chi connectivity index (χ3v) is 5.26. The van der Waals surface area contributed by atoms with Gasteiger partial charge in [-0.3, -0.25) is 4.98 Å². The molecule has 2 nitrogen and oxygen atoms in total. The quantitative estimate of drug-likeness (QED) is 0.935. The summed E-state index contributed by atoms with van der Waals surface area (Å²) in [5.74, 6) is 0.472. The van der Waals surface area contributed by atoms with Crippen molar-refractivity contribution in [2.75, 3.05) is 0 Å². The molecule has 0 spiro atoms. The van der Waals surface area contributed by atoms with Crippen molar-refractivity contribution in [1.82, 2.24) is 4.98 Å². The number of halogens is 1. The minimum Gasteiger partial charge on any atom is -0.327 e. The van der Waals surface area contributed by atoms with Crippen LogP contribution in [0.4, 0.5) is 0 Å². The van der Waals surface area contributed by atoms with Crippen LogP contribution >= 0.6 is 22.9 Å². The average Bonchev–Trinajstić information content (AvgIpc) is 2.89. The number of aromatic nitrogens is 1. The Kier molecular flexibility index (Phi) is 3.87. The fourth-order valence-corrected chi connectivity index (χ4v) is 4.13. The first-order valence-corrected chi connectivity index (χ1v) is 7.91. The third-order valence-electron chi connectivity index (χ3n) is 3.93. The van der Waals surface area contributed by atoms with E-state index < -0.39 is 0 Å². The zero-order valence-electron chi connectivity index (χ0n) is 10.7. The first-order chi connectivity index (χ1) is 9.25. The number of hydrogen-bond donors (Lipinski definition) is 1. The van der Waals surface area contributed by atoms with Crippen LogP contribution in [0.5, 0.6) is 0 Å². The largest absolute Gasteiger partial charge is 0.327 e. The van der Waals surface area contributed by atoms with E-state index in [0.717, 1.165) is 17.0 Å². The fourth-order valence-electron chi connectivity index (χ4n) is 2.93. The van der Waals surface area contributed by atoms with E-state index in [1.807, 2.05) is 17.4 Å². The summed E-state index contributed by atoms with van der Waals surface area (Å²) in [6.45, 7) is 0. The number of nitrogens with zero attached hydrogens (tertiary/aromatic N) is 1. The highest BCUT2D eigenvalue weighted by molar-refractivity contribution is 7.10. The fraction of sp³-hybridized carbons (Fsp3) is 0.400. The van der Waals surface area contributed by atoms with E-state index >= 15 is 0 Å². The van der Waals surface area contributed by atoms with Gasteiger partial charge in [-0.15, -0.1) is 11.3 Å². The van der Waals surface area contributed by atoms with Crippen LogP contribution in [0, 0.1) is 0 Å². The lowest BCUT2D eigenvalue weighted by molar-refractivity contribution is 0.464. The van der Waals surface area contributed by atoms with Crippen molar-refractivity contribution in [3.05, 3.63) is 50.9 Å². The molecule has 0 aromatic carbocycles. The highest BCUT2D eigenvalue weighted by atomic mass is 35.5. The molecule has 4 heteroatoms. The van der Waals surface area contributed by atoms with E-state index in [2.05, 4.69) is 16.4 Å². The zero-order chi connectivity index (χ0) is 13.2. The van der Waals surface area contributed by atoms with Crippen molar-refractivity contribution in [2.45, 2.75) is 37.6 Å². The number of aryl methyl sites for hydroxylation is 1. The molecule has 0 saturated heterocycles. The molecule has 0 saturated carbocycles. The average molecular weight is 293 g/mol. The third kappa shape index (κ3) is 2.69. The highest BCUT2D eigenvalue weighted by Gasteiger charge is 2.26. The lowest BCUT2D eigenvalue weighted by Gasteiger charge is -2.28. The predicted octanol–water partition coefficient (Wildman–Crippen LogP) is 3.79. The molecule has 0 amide bonds. The van der Waals surface area contributed by atoms with Crippen LogP contribution in [0.15, 0.2) is 29.9 Å². The van der Waals surface area contributed by atoms with Gasteiger partial charge in [0, 0.05) is 29.2 Å². The lowest BCUT2D eigenvalue weighted by Crippen LogP contribution is -2.32. The van der Waals surface area contributed by atoms with Gasteiger partial charge in [-0.2, -0.15) is 0 Å². The Hall–Kier alpha value is -0.900. The predicted molar refractivity (Wildman–Crippen MR) is 80.9 cm³/mol. The molecule has 100 valence electrons. The molecule has 0 radical (unpaired) electrons. The van der Waals surface area contributed by atoms with Crippen LogP contribution in [0.1, 0.15) is 34.8 Å². The van der Waals surface area contributed by atoms with Crippen molar-refractivity contribution in [1.29, 1.82) is 0 Å². The van der Waals surface area contributed by atoms with E-state index in [9.17, 15) is 0 Å². The van der Waals surface area contributed by atoms with Crippen LogP contribution < -0.4 is 5.73 Å². The minimum absolute atomic E-state index is 0.133. The minimum atomic E-state index is 0.133. The van der Waals surface area contributed by atoms with Gasteiger partial charge in [-0.1, -0.05) is 11.6 Å². The van der Waals surface area contributed by atoms with Gasteiger partial charge in [0.15, 0.2) is 0 Å². The normalized spacial score (nSPS) is 20.0. The molecule has 2 N–H and O–H groups in total. The molecule has 2 atom stereocenters. The number of fused-ring (bicyclic) bond motifs is 1. The molecular weight excluding hydrogens is 276 g/mol. The zero-order valence-corrected chi connectivity index (χ0v) is 12.3. The Morgan fingerprint density at radius 3 is 3.21 bits per heavy atom. The van der Waals surface area contributed by atoms with E-state index in [4.69, 9.17) is 17.3 Å². The molecule has 2 heterocycles.